The molecule has 55 heavy (non-hydrogen) atoms. The van der Waals surface area contributed by atoms with E-state index in [4.69, 9.17) is 8.83 Å². The third kappa shape index (κ3) is 5.20. The molecule has 258 valence electrons. The van der Waals surface area contributed by atoms with Crippen molar-refractivity contribution < 1.29 is 8.83 Å². The van der Waals surface area contributed by atoms with Gasteiger partial charge in [-0.05, 0) is 81.6 Å². The van der Waals surface area contributed by atoms with E-state index in [1.807, 2.05) is 12.1 Å². The van der Waals surface area contributed by atoms with E-state index in [0.29, 0.717) is 0 Å². The summed E-state index contributed by atoms with van der Waals surface area (Å²) < 4.78 is 13.3. The van der Waals surface area contributed by atoms with E-state index in [-0.39, 0.29) is 0 Å². The van der Waals surface area contributed by atoms with E-state index < -0.39 is 0 Å². The Bertz CT molecular complexity index is 3180. The highest BCUT2D eigenvalue weighted by molar-refractivity contribution is 6.18. The Morgan fingerprint density at radius 1 is 0.309 bits per heavy atom. The van der Waals surface area contributed by atoms with Crippen LogP contribution >= 0.6 is 0 Å². The highest BCUT2D eigenvalue weighted by Gasteiger charge is 2.20. The van der Waals surface area contributed by atoms with Crippen molar-refractivity contribution in [2.75, 3.05) is 4.90 Å². The van der Waals surface area contributed by atoms with Crippen molar-refractivity contribution in [3.8, 4) is 33.4 Å². The van der Waals surface area contributed by atoms with Crippen LogP contribution in [0.4, 0.5) is 17.1 Å². The second kappa shape index (κ2) is 12.6. The molecule has 0 bridgehead atoms. The van der Waals surface area contributed by atoms with Gasteiger partial charge in [-0.3, -0.25) is 0 Å². The highest BCUT2D eigenvalue weighted by atomic mass is 16.3. The molecule has 2 aromatic heterocycles. The first-order chi connectivity index (χ1) is 27.3. The smallest absolute Gasteiger partial charge is 0.143 e. The Morgan fingerprint density at radius 3 is 1.64 bits per heavy atom. The van der Waals surface area contributed by atoms with Crippen LogP contribution in [-0.4, -0.2) is 0 Å². The summed E-state index contributed by atoms with van der Waals surface area (Å²) in [5.41, 5.74) is 13.5. The summed E-state index contributed by atoms with van der Waals surface area (Å²) in [6.07, 6.45) is 0. The average molecular weight is 704 g/mol. The van der Waals surface area contributed by atoms with E-state index >= 15 is 0 Å². The van der Waals surface area contributed by atoms with Crippen LogP contribution < -0.4 is 4.90 Å². The zero-order valence-electron chi connectivity index (χ0n) is 29.8. The van der Waals surface area contributed by atoms with Gasteiger partial charge in [-0.2, -0.15) is 0 Å². The minimum Gasteiger partial charge on any atom is -0.455 e. The van der Waals surface area contributed by atoms with Crippen molar-refractivity contribution >= 4 is 71.7 Å². The van der Waals surface area contributed by atoms with E-state index in [9.17, 15) is 0 Å². The predicted molar refractivity (Wildman–Crippen MR) is 229 cm³/mol. The first-order valence-corrected chi connectivity index (χ1v) is 18.7. The molecule has 9 aromatic carbocycles. The van der Waals surface area contributed by atoms with Gasteiger partial charge in [-0.1, -0.05) is 146 Å². The van der Waals surface area contributed by atoms with Gasteiger partial charge in [-0.15, -0.1) is 0 Å². The zero-order valence-corrected chi connectivity index (χ0v) is 29.8. The predicted octanol–water partition coefficient (Wildman–Crippen LogP) is 15.1. The van der Waals surface area contributed by atoms with Gasteiger partial charge >= 0.3 is 0 Å². The molecule has 11 aromatic rings. The minimum atomic E-state index is 0.846. The summed E-state index contributed by atoms with van der Waals surface area (Å²) in [6, 6.07) is 70.8. The van der Waals surface area contributed by atoms with Gasteiger partial charge in [0, 0.05) is 55.8 Å². The van der Waals surface area contributed by atoms with Crippen molar-refractivity contribution in [1.82, 2.24) is 0 Å². The van der Waals surface area contributed by atoms with Crippen LogP contribution in [0.3, 0.4) is 0 Å². The number of anilines is 3. The fourth-order valence-corrected chi connectivity index (χ4v) is 8.24. The summed E-state index contributed by atoms with van der Waals surface area (Å²) in [4.78, 5) is 2.31. The summed E-state index contributed by atoms with van der Waals surface area (Å²) in [7, 11) is 0. The Morgan fingerprint density at radius 2 is 0.873 bits per heavy atom. The number of furan rings is 2. The first-order valence-electron chi connectivity index (χ1n) is 18.7. The normalized spacial score (nSPS) is 11.6. The third-order valence-electron chi connectivity index (χ3n) is 10.9. The molecule has 3 nitrogen and oxygen atoms in total. The lowest BCUT2D eigenvalue weighted by Crippen LogP contribution is -2.09. The SMILES string of the molecule is c1ccc(-c2ccc(N(c3ccc(-c4cccc5c4oc4ccccc45)cc3)c3ccc4c(c3)oc3c(-c5ccccc5)c5ccccc5cc34)cc2)cc1. The van der Waals surface area contributed by atoms with Gasteiger partial charge in [0.25, 0.3) is 0 Å². The number of rotatable bonds is 6. The van der Waals surface area contributed by atoms with Crippen LogP contribution in [0.25, 0.3) is 88.0 Å². The Kier molecular flexibility index (Phi) is 7.17. The monoisotopic (exact) mass is 703 g/mol. The molecule has 0 aliphatic heterocycles. The molecule has 0 N–H and O–H groups in total. The van der Waals surface area contributed by atoms with Gasteiger partial charge in [-0.25, -0.2) is 0 Å². The molecule has 0 fully saturated rings. The lowest BCUT2D eigenvalue weighted by Gasteiger charge is -2.26. The van der Waals surface area contributed by atoms with E-state index in [2.05, 4.69) is 193 Å². The highest BCUT2D eigenvalue weighted by Crippen LogP contribution is 2.44. The Hall–Kier alpha value is -7.36. The maximum absolute atomic E-state index is 6.89. The van der Waals surface area contributed by atoms with Gasteiger partial charge in [0.15, 0.2) is 0 Å². The first kappa shape index (κ1) is 31.2. The molecule has 0 aliphatic carbocycles. The van der Waals surface area contributed by atoms with Crippen molar-refractivity contribution in [3.63, 3.8) is 0 Å². The van der Waals surface area contributed by atoms with Gasteiger partial charge in [0.05, 0.1) is 0 Å². The number of para-hydroxylation sites is 2. The molecule has 0 spiro atoms. The molecular formula is C52H33NO2. The number of nitrogens with zero attached hydrogens (tertiary/aromatic N) is 1. The third-order valence-corrected chi connectivity index (χ3v) is 10.9. The van der Waals surface area contributed by atoms with Gasteiger partial charge < -0.3 is 13.7 Å². The molecule has 0 unspecified atom stereocenters. The molecule has 0 saturated carbocycles. The van der Waals surface area contributed by atoms with Crippen molar-refractivity contribution in [2.45, 2.75) is 0 Å². The molecule has 0 aliphatic rings. The zero-order chi connectivity index (χ0) is 36.3. The molecule has 3 heteroatoms. The Labute approximate surface area is 317 Å². The fourth-order valence-electron chi connectivity index (χ4n) is 8.24. The van der Waals surface area contributed by atoms with Crippen molar-refractivity contribution in [2.24, 2.45) is 0 Å². The van der Waals surface area contributed by atoms with Crippen molar-refractivity contribution in [1.29, 1.82) is 0 Å². The minimum absolute atomic E-state index is 0.846. The number of hydrogen-bond acceptors (Lipinski definition) is 3. The van der Waals surface area contributed by atoms with Crippen LogP contribution in [-0.2, 0) is 0 Å². The van der Waals surface area contributed by atoms with Crippen molar-refractivity contribution in [3.05, 3.63) is 200 Å². The lowest BCUT2D eigenvalue weighted by atomic mass is 9.95. The summed E-state index contributed by atoms with van der Waals surface area (Å²) in [6.45, 7) is 0. The number of benzene rings is 9. The van der Waals surface area contributed by atoms with E-state index in [0.717, 1.165) is 83.2 Å². The molecule has 0 radical (unpaired) electrons. The van der Waals surface area contributed by atoms with Crippen LogP contribution in [0.2, 0.25) is 0 Å². The number of fused-ring (bicyclic) bond motifs is 7. The maximum atomic E-state index is 6.89. The maximum Gasteiger partial charge on any atom is 0.143 e. The summed E-state index contributed by atoms with van der Waals surface area (Å²) in [5.74, 6) is 0. The summed E-state index contributed by atoms with van der Waals surface area (Å²) >= 11 is 0. The second-order valence-corrected chi connectivity index (χ2v) is 14.1. The molecule has 0 amide bonds. The Balaban J connectivity index is 1.07. The quantitative estimate of drug-likeness (QED) is 0.173. The number of hydrogen-bond donors (Lipinski definition) is 0. The fraction of sp³-hybridized carbons (Fsp3) is 0. The van der Waals surface area contributed by atoms with E-state index in [1.54, 1.807) is 0 Å². The topological polar surface area (TPSA) is 29.5 Å². The van der Waals surface area contributed by atoms with Crippen LogP contribution in [0.5, 0.6) is 0 Å². The van der Waals surface area contributed by atoms with Gasteiger partial charge in [0.1, 0.15) is 22.3 Å². The lowest BCUT2D eigenvalue weighted by molar-refractivity contribution is 0.670. The second-order valence-electron chi connectivity index (χ2n) is 14.1. The molecule has 0 atom stereocenters. The molecular weight excluding hydrogens is 671 g/mol. The van der Waals surface area contributed by atoms with Crippen LogP contribution in [0.1, 0.15) is 0 Å². The molecule has 0 saturated heterocycles. The van der Waals surface area contributed by atoms with Crippen LogP contribution in [0, 0.1) is 0 Å². The average Bonchev–Trinajstić information content (AvgIpc) is 3.82. The van der Waals surface area contributed by atoms with Gasteiger partial charge in [0.2, 0.25) is 0 Å². The summed E-state index contributed by atoms with van der Waals surface area (Å²) in [5, 5.41) is 6.83. The largest absolute Gasteiger partial charge is 0.455 e. The molecule has 11 rings (SSSR count). The van der Waals surface area contributed by atoms with E-state index in [1.165, 1.54) is 21.9 Å². The standard InChI is InChI=1S/C52H33NO2/c1-3-12-34(13-4-1)35-22-26-39(27-23-35)53(40-28-24-36(25-29-40)43-19-11-20-46-44-18-9-10-21-48(44)54-51(43)46)41-30-31-45-47-32-38-16-7-8-17-42(38)50(37-14-5-2-6-15-37)52(47)55-49(45)33-41/h1-33H. The molecule has 2 heterocycles. The van der Waals surface area contributed by atoms with Crippen LogP contribution in [0.15, 0.2) is 209 Å².